The number of anilines is 1. The fourth-order valence-electron chi connectivity index (χ4n) is 3.06. The smallest absolute Gasteiger partial charge is 0.236 e. The fraction of sp³-hybridized carbons (Fsp3) is 0.0435. The van der Waals surface area contributed by atoms with Crippen molar-refractivity contribution >= 4 is 22.9 Å². The van der Waals surface area contributed by atoms with Crippen LogP contribution in [-0.2, 0) is 4.79 Å². The van der Waals surface area contributed by atoms with Gasteiger partial charge in [-0.25, -0.2) is 4.98 Å². The quantitative estimate of drug-likeness (QED) is 0.498. The van der Waals surface area contributed by atoms with Gasteiger partial charge in [0, 0.05) is 22.8 Å². The summed E-state index contributed by atoms with van der Waals surface area (Å²) in [5, 5.41) is 5.98. The van der Waals surface area contributed by atoms with Crippen molar-refractivity contribution in [1.29, 1.82) is 0 Å². The Bertz CT molecular complexity index is 958. The van der Waals surface area contributed by atoms with E-state index in [1.54, 1.807) is 17.5 Å². The Morgan fingerprint density at radius 1 is 0.815 bits per heavy atom. The number of thiazole rings is 1. The van der Waals surface area contributed by atoms with Crippen LogP contribution in [-0.4, -0.2) is 10.9 Å². The number of nitrogens with zero attached hydrogens (tertiary/aromatic N) is 1. The second-order valence-electron chi connectivity index (χ2n) is 6.16. The molecule has 0 aliphatic heterocycles. The number of amides is 1. The van der Waals surface area contributed by atoms with Crippen LogP contribution >= 0.6 is 11.3 Å². The summed E-state index contributed by atoms with van der Waals surface area (Å²) in [5.74, 6) is -0.402. The van der Waals surface area contributed by atoms with Gasteiger partial charge in [-0.1, -0.05) is 60.7 Å². The minimum absolute atomic E-state index is 0.0469. The van der Waals surface area contributed by atoms with Gasteiger partial charge in [0.1, 0.15) is 5.01 Å². The van der Waals surface area contributed by atoms with E-state index in [0.717, 1.165) is 27.4 Å². The topological polar surface area (TPSA) is 42.0 Å². The summed E-state index contributed by atoms with van der Waals surface area (Å²) in [6, 6.07) is 27.5. The molecule has 0 bridgehead atoms. The molecule has 4 heteroatoms. The van der Waals surface area contributed by atoms with Crippen molar-refractivity contribution < 1.29 is 4.79 Å². The molecular formula is C23H18N2OS. The molecule has 0 saturated heterocycles. The monoisotopic (exact) mass is 370 g/mol. The van der Waals surface area contributed by atoms with E-state index in [1.165, 1.54) is 0 Å². The van der Waals surface area contributed by atoms with Crippen LogP contribution < -0.4 is 5.32 Å². The summed E-state index contributed by atoms with van der Waals surface area (Å²) in [5.41, 5.74) is 3.77. The molecular weight excluding hydrogens is 352 g/mol. The highest BCUT2D eigenvalue weighted by Crippen LogP contribution is 2.27. The number of rotatable bonds is 5. The lowest BCUT2D eigenvalue weighted by Crippen LogP contribution is -2.22. The van der Waals surface area contributed by atoms with E-state index in [9.17, 15) is 4.79 Å². The Hall–Kier alpha value is -3.24. The van der Waals surface area contributed by atoms with E-state index in [2.05, 4.69) is 10.3 Å². The second-order valence-corrected chi connectivity index (χ2v) is 7.05. The van der Waals surface area contributed by atoms with Gasteiger partial charge < -0.3 is 5.32 Å². The van der Waals surface area contributed by atoms with Crippen LogP contribution in [0.15, 0.2) is 96.5 Å². The van der Waals surface area contributed by atoms with Crippen molar-refractivity contribution in [2.24, 2.45) is 0 Å². The molecule has 4 aromatic rings. The van der Waals surface area contributed by atoms with Crippen LogP contribution in [0.1, 0.15) is 17.0 Å². The predicted molar refractivity (Wildman–Crippen MR) is 111 cm³/mol. The van der Waals surface area contributed by atoms with E-state index >= 15 is 0 Å². The number of hydrogen-bond donors (Lipinski definition) is 1. The first-order valence-corrected chi connectivity index (χ1v) is 9.60. The first-order valence-electron chi connectivity index (χ1n) is 8.72. The molecule has 27 heavy (non-hydrogen) atoms. The summed E-state index contributed by atoms with van der Waals surface area (Å²) in [4.78, 5) is 17.4. The highest BCUT2D eigenvalue weighted by Gasteiger charge is 2.22. The van der Waals surface area contributed by atoms with Gasteiger partial charge in [0.2, 0.25) is 5.91 Å². The first kappa shape index (κ1) is 17.2. The van der Waals surface area contributed by atoms with Gasteiger partial charge in [-0.15, -0.1) is 11.3 Å². The molecule has 0 atom stereocenters. The predicted octanol–water partition coefficient (Wildman–Crippen LogP) is 5.58. The first-order chi connectivity index (χ1) is 13.3. The van der Waals surface area contributed by atoms with Crippen molar-refractivity contribution in [2.75, 3.05) is 5.32 Å². The van der Waals surface area contributed by atoms with Gasteiger partial charge in [-0.2, -0.15) is 0 Å². The minimum atomic E-state index is -0.356. The number of hydrogen-bond acceptors (Lipinski definition) is 3. The minimum Gasteiger partial charge on any atom is -0.325 e. The highest BCUT2D eigenvalue weighted by atomic mass is 32.1. The third kappa shape index (κ3) is 3.96. The number of aromatic nitrogens is 1. The van der Waals surface area contributed by atoms with E-state index in [4.69, 9.17) is 0 Å². The van der Waals surface area contributed by atoms with E-state index in [-0.39, 0.29) is 11.8 Å². The Kier molecular flexibility index (Phi) is 5.08. The van der Waals surface area contributed by atoms with Gasteiger partial charge in [-0.3, -0.25) is 4.79 Å². The van der Waals surface area contributed by atoms with E-state index in [0.29, 0.717) is 0 Å². The SMILES string of the molecule is O=C(Nc1ccc(-c2nccs2)cc1)C(c1ccccc1)c1ccccc1. The largest absolute Gasteiger partial charge is 0.325 e. The number of carbonyl (C=O) groups is 1. The number of carbonyl (C=O) groups excluding carboxylic acids is 1. The van der Waals surface area contributed by atoms with Crippen molar-refractivity contribution in [2.45, 2.75) is 5.92 Å². The van der Waals surface area contributed by atoms with Crippen molar-refractivity contribution in [3.8, 4) is 10.6 Å². The Balaban J connectivity index is 1.59. The zero-order valence-corrected chi connectivity index (χ0v) is 15.4. The lowest BCUT2D eigenvalue weighted by molar-refractivity contribution is -0.116. The third-order valence-electron chi connectivity index (χ3n) is 4.36. The van der Waals surface area contributed by atoms with E-state index in [1.807, 2.05) is 90.3 Å². The molecule has 1 N–H and O–H groups in total. The molecule has 0 fully saturated rings. The molecule has 4 rings (SSSR count). The van der Waals surface area contributed by atoms with Crippen molar-refractivity contribution in [3.05, 3.63) is 108 Å². The molecule has 132 valence electrons. The zero-order chi connectivity index (χ0) is 18.5. The molecule has 3 nitrogen and oxygen atoms in total. The zero-order valence-electron chi connectivity index (χ0n) is 14.6. The van der Waals surface area contributed by atoms with Crippen LogP contribution in [0.4, 0.5) is 5.69 Å². The molecule has 1 heterocycles. The molecule has 1 amide bonds. The van der Waals surface area contributed by atoms with E-state index < -0.39 is 0 Å². The maximum absolute atomic E-state index is 13.1. The molecule has 3 aromatic carbocycles. The van der Waals surface area contributed by atoms with Crippen LogP contribution in [0.5, 0.6) is 0 Å². The fourth-order valence-corrected chi connectivity index (χ4v) is 3.71. The molecule has 0 aliphatic rings. The van der Waals surface area contributed by atoms with Crippen molar-refractivity contribution in [3.63, 3.8) is 0 Å². The lowest BCUT2D eigenvalue weighted by atomic mass is 9.90. The van der Waals surface area contributed by atoms with Gasteiger partial charge in [0.05, 0.1) is 5.92 Å². The molecule has 0 spiro atoms. The number of nitrogens with one attached hydrogen (secondary N) is 1. The Morgan fingerprint density at radius 3 is 1.93 bits per heavy atom. The Labute approximate surface area is 162 Å². The van der Waals surface area contributed by atoms with Gasteiger partial charge in [0.15, 0.2) is 0 Å². The van der Waals surface area contributed by atoms with Crippen LogP contribution in [0.2, 0.25) is 0 Å². The molecule has 0 radical (unpaired) electrons. The molecule has 0 aliphatic carbocycles. The summed E-state index contributed by atoms with van der Waals surface area (Å²) >= 11 is 1.60. The van der Waals surface area contributed by atoms with Crippen LogP contribution in [0.25, 0.3) is 10.6 Å². The molecule has 0 unspecified atom stereocenters. The van der Waals surface area contributed by atoms with Gasteiger partial charge >= 0.3 is 0 Å². The van der Waals surface area contributed by atoms with Crippen LogP contribution in [0.3, 0.4) is 0 Å². The lowest BCUT2D eigenvalue weighted by Gasteiger charge is -2.18. The molecule has 1 aromatic heterocycles. The maximum Gasteiger partial charge on any atom is 0.236 e. The molecule has 0 saturated carbocycles. The second kappa shape index (κ2) is 7.98. The van der Waals surface area contributed by atoms with Crippen LogP contribution in [0, 0.1) is 0 Å². The average Bonchev–Trinajstić information content (AvgIpc) is 3.25. The normalized spacial score (nSPS) is 10.7. The third-order valence-corrected chi connectivity index (χ3v) is 5.18. The summed E-state index contributed by atoms with van der Waals surface area (Å²) in [6.45, 7) is 0. The van der Waals surface area contributed by atoms with Gasteiger partial charge in [0.25, 0.3) is 0 Å². The van der Waals surface area contributed by atoms with Crippen molar-refractivity contribution in [1.82, 2.24) is 4.98 Å². The standard InChI is InChI=1S/C23H18N2OS/c26-22(25-20-13-11-19(12-14-20)23-24-15-16-27-23)21(17-7-3-1-4-8-17)18-9-5-2-6-10-18/h1-16,21H,(H,25,26). The number of benzene rings is 3. The summed E-state index contributed by atoms with van der Waals surface area (Å²) < 4.78 is 0. The average molecular weight is 370 g/mol. The van der Waals surface area contributed by atoms with Gasteiger partial charge in [-0.05, 0) is 35.4 Å². The summed E-state index contributed by atoms with van der Waals surface area (Å²) in [6.07, 6.45) is 1.79. The summed E-state index contributed by atoms with van der Waals surface area (Å²) in [7, 11) is 0. The Morgan fingerprint density at radius 2 is 1.41 bits per heavy atom. The maximum atomic E-state index is 13.1. The highest BCUT2D eigenvalue weighted by molar-refractivity contribution is 7.13.